The average molecular weight is 498 g/mol. The number of unbranched alkanes of at least 4 members (excludes halogenated alkanes) is 1. The molecule has 202 valence electrons. The molecule has 1 aliphatic rings. The van der Waals surface area contributed by atoms with Gasteiger partial charge in [0, 0.05) is 29.1 Å². The molecule has 0 bridgehead atoms. The fourth-order valence-corrected chi connectivity index (χ4v) is 5.22. The number of hydrogen-bond donors (Lipinski definition) is 3. The first-order valence-electron chi connectivity index (χ1n) is 14.0. The molecule has 1 aromatic rings. The zero-order valence-corrected chi connectivity index (χ0v) is 24.1. The fraction of sp³-hybridized carbons (Fsp3) is 0.677. The maximum atomic E-state index is 12.4. The van der Waals surface area contributed by atoms with Crippen LogP contribution in [0.3, 0.4) is 0 Å². The number of nitrogens with one attached hydrogen (secondary N) is 2. The van der Waals surface area contributed by atoms with E-state index in [4.69, 9.17) is 4.99 Å². The molecule has 1 saturated carbocycles. The van der Waals surface area contributed by atoms with Gasteiger partial charge in [0.05, 0.1) is 6.42 Å². The highest BCUT2D eigenvalue weighted by Crippen LogP contribution is 2.31. The zero-order valence-electron chi connectivity index (χ0n) is 24.1. The first kappa shape index (κ1) is 30.2. The lowest BCUT2D eigenvalue weighted by Gasteiger charge is -2.35. The molecule has 1 aromatic carbocycles. The lowest BCUT2D eigenvalue weighted by molar-refractivity contribution is -0.120. The first-order chi connectivity index (χ1) is 16.8. The van der Waals surface area contributed by atoms with Crippen molar-refractivity contribution in [1.29, 1.82) is 0 Å². The Labute approximate surface area is 220 Å². The number of aliphatic hydroxyl groups is 1. The van der Waals surface area contributed by atoms with E-state index < -0.39 is 5.72 Å². The Morgan fingerprint density at radius 1 is 1.17 bits per heavy atom. The summed E-state index contributed by atoms with van der Waals surface area (Å²) in [5, 5.41) is 17.9. The second kappa shape index (κ2) is 13.5. The molecular weight excluding hydrogens is 446 g/mol. The summed E-state index contributed by atoms with van der Waals surface area (Å²) in [6.07, 6.45) is 12.1. The van der Waals surface area contributed by atoms with Crippen molar-refractivity contribution in [3.8, 4) is 0 Å². The van der Waals surface area contributed by atoms with Crippen LogP contribution in [0.2, 0.25) is 0 Å². The van der Waals surface area contributed by atoms with Gasteiger partial charge in [0.25, 0.3) is 0 Å². The highest BCUT2D eigenvalue weighted by molar-refractivity contribution is 5.88. The van der Waals surface area contributed by atoms with Crippen LogP contribution in [0.5, 0.6) is 0 Å². The van der Waals surface area contributed by atoms with Crippen LogP contribution >= 0.6 is 0 Å². The number of aliphatic imine (C=N–C) groups is 1. The minimum absolute atomic E-state index is 0.0166. The molecule has 1 fully saturated rings. The van der Waals surface area contributed by atoms with Gasteiger partial charge in [-0.15, -0.1) is 0 Å². The Morgan fingerprint density at radius 3 is 2.42 bits per heavy atom. The highest BCUT2D eigenvalue weighted by Gasteiger charge is 2.31. The molecule has 0 heterocycles. The van der Waals surface area contributed by atoms with Crippen LogP contribution in [-0.4, -0.2) is 28.3 Å². The third-order valence-corrected chi connectivity index (χ3v) is 6.75. The van der Waals surface area contributed by atoms with Crippen LogP contribution in [0, 0.1) is 5.92 Å². The van der Waals surface area contributed by atoms with Crippen molar-refractivity contribution in [2.75, 3.05) is 0 Å². The third kappa shape index (κ3) is 9.82. The molecule has 1 atom stereocenters. The molecule has 1 amide bonds. The molecule has 0 saturated heterocycles. The quantitative estimate of drug-likeness (QED) is 0.230. The molecule has 0 radical (unpaired) electrons. The van der Waals surface area contributed by atoms with Gasteiger partial charge >= 0.3 is 0 Å². The summed E-state index contributed by atoms with van der Waals surface area (Å²) >= 11 is 0. The Morgan fingerprint density at radius 2 is 1.83 bits per heavy atom. The summed E-state index contributed by atoms with van der Waals surface area (Å²) in [7, 11) is 0. The number of carbonyl (C=O) groups is 1. The van der Waals surface area contributed by atoms with Gasteiger partial charge in [0.2, 0.25) is 5.91 Å². The monoisotopic (exact) mass is 497 g/mol. The van der Waals surface area contributed by atoms with Crippen molar-refractivity contribution in [2.24, 2.45) is 10.9 Å². The fourth-order valence-electron chi connectivity index (χ4n) is 5.22. The van der Waals surface area contributed by atoms with E-state index in [1.165, 1.54) is 50.7 Å². The Hall–Kier alpha value is -1.98. The van der Waals surface area contributed by atoms with Gasteiger partial charge in [0.15, 0.2) is 0 Å². The van der Waals surface area contributed by atoms with Crippen LogP contribution < -0.4 is 10.6 Å². The normalized spacial score (nSPS) is 17.8. The summed E-state index contributed by atoms with van der Waals surface area (Å²) in [6.45, 7) is 16.1. The van der Waals surface area contributed by atoms with Crippen molar-refractivity contribution in [3.05, 3.63) is 41.1 Å². The number of nitrogens with zero attached hydrogens (tertiary/aromatic N) is 1. The minimum atomic E-state index is -1.27. The molecule has 1 aliphatic carbocycles. The number of allylic oxidation sites excluding steroid dienone is 1. The zero-order chi connectivity index (χ0) is 26.9. The first-order valence-corrected chi connectivity index (χ1v) is 14.0. The molecule has 0 spiro atoms. The number of carbonyl (C=O) groups excluding carboxylic acids is 1. The predicted octanol–water partition coefficient (Wildman–Crippen LogP) is 6.88. The van der Waals surface area contributed by atoms with Crippen molar-refractivity contribution >= 4 is 17.2 Å². The Kier molecular flexibility index (Phi) is 11.4. The summed E-state index contributed by atoms with van der Waals surface area (Å²) < 4.78 is 0. The van der Waals surface area contributed by atoms with E-state index in [0.717, 1.165) is 28.7 Å². The molecule has 2 rings (SSSR count). The average Bonchev–Trinajstić information content (AvgIpc) is 2.77. The smallest absolute Gasteiger partial charge is 0.224 e. The highest BCUT2D eigenvalue weighted by atomic mass is 16.3. The second-order valence-electron chi connectivity index (χ2n) is 12.1. The predicted molar refractivity (Wildman–Crippen MR) is 153 cm³/mol. The molecule has 5 nitrogen and oxygen atoms in total. The summed E-state index contributed by atoms with van der Waals surface area (Å²) in [5.74, 6) is 0.582. The van der Waals surface area contributed by atoms with E-state index >= 15 is 0 Å². The number of rotatable bonds is 11. The number of amides is 1. The van der Waals surface area contributed by atoms with Crippen LogP contribution in [-0.2, 0) is 16.9 Å². The maximum Gasteiger partial charge on any atom is 0.224 e. The molecule has 0 aromatic heterocycles. The van der Waals surface area contributed by atoms with E-state index in [-0.39, 0.29) is 23.9 Å². The van der Waals surface area contributed by atoms with E-state index in [1.54, 1.807) is 6.92 Å². The summed E-state index contributed by atoms with van der Waals surface area (Å²) in [4.78, 5) is 17.5. The van der Waals surface area contributed by atoms with Crippen LogP contribution in [0.25, 0.3) is 5.57 Å². The van der Waals surface area contributed by atoms with Crippen LogP contribution in [0.4, 0.5) is 0 Å². The van der Waals surface area contributed by atoms with Gasteiger partial charge in [-0.05, 0) is 96.8 Å². The van der Waals surface area contributed by atoms with Crippen LogP contribution in [0.15, 0.2) is 29.4 Å². The topological polar surface area (TPSA) is 73.7 Å². The summed E-state index contributed by atoms with van der Waals surface area (Å²) in [5.41, 5.74) is 3.38. The molecule has 1 unspecified atom stereocenters. The molecule has 3 N–H and O–H groups in total. The van der Waals surface area contributed by atoms with Crippen molar-refractivity contribution in [3.63, 3.8) is 0 Å². The van der Waals surface area contributed by atoms with E-state index in [0.29, 0.717) is 5.92 Å². The number of hydrogen-bond acceptors (Lipinski definition) is 4. The van der Waals surface area contributed by atoms with Gasteiger partial charge in [-0.2, -0.15) is 0 Å². The molecular formula is C31H51N3O2. The largest absolute Gasteiger partial charge is 0.372 e. The number of benzene rings is 1. The lowest BCUT2D eigenvalue weighted by Crippen LogP contribution is -2.50. The molecule has 5 heteroatoms. The minimum Gasteiger partial charge on any atom is -0.372 e. The molecule has 36 heavy (non-hydrogen) atoms. The van der Waals surface area contributed by atoms with Gasteiger partial charge in [-0.1, -0.05) is 50.8 Å². The van der Waals surface area contributed by atoms with Crippen molar-refractivity contribution in [2.45, 2.75) is 130 Å². The SMILES string of the molecule is CCCCC(=N/C=C(\C)c1ccc(CC(=O)NC(C)C)cc1C(C)(O)NC(C)(C)C)C1CCCCC1. The lowest BCUT2D eigenvalue weighted by atomic mass is 9.84. The van der Waals surface area contributed by atoms with E-state index in [9.17, 15) is 9.90 Å². The van der Waals surface area contributed by atoms with Crippen LogP contribution in [0.1, 0.15) is 123 Å². The summed E-state index contributed by atoms with van der Waals surface area (Å²) in [6, 6.07) is 6.08. The molecule has 0 aliphatic heterocycles. The second-order valence-corrected chi connectivity index (χ2v) is 12.1. The van der Waals surface area contributed by atoms with Gasteiger partial charge < -0.3 is 10.4 Å². The van der Waals surface area contributed by atoms with E-state index in [2.05, 4.69) is 24.5 Å². The standard InChI is InChI=1S/C31H51N3O2/c1-9-10-16-28(25-14-12-11-13-15-25)32-21-23(4)26-18-17-24(20-29(35)33-22(2)3)19-27(26)31(8,36)34-30(5,6)7/h17-19,21-22,25,34,36H,9-16,20H2,1-8H3,(H,33,35)/b23-21+,32-28?. The van der Waals surface area contributed by atoms with Crippen molar-refractivity contribution < 1.29 is 9.90 Å². The van der Waals surface area contributed by atoms with Gasteiger partial charge in [-0.3, -0.25) is 15.1 Å². The maximum absolute atomic E-state index is 12.4. The Balaban J connectivity index is 2.46. The van der Waals surface area contributed by atoms with Crippen molar-refractivity contribution in [1.82, 2.24) is 10.6 Å². The van der Waals surface area contributed by atoms with E-state index in [1.807, 2.05) is 59.0 Å². The third-order valence-electron chi connectivity index (χ3n) is 6.75. The van der Waals surface area contributed by atoms with Gasteiger partial charge in [0.1, 0.15) is 5.72 Å². The van der Waals surface area contributed by atoms with Gasteiger partial charge in [-0.25, -0.2) is 0 Å². The Bertz CT molecular complexity index is 916.